The highest BCUT2D eigenvalue weighted by molar-refractivity contribution is 5.95. The van der Waals surface area contributed by atoms with Crippen molar-refractivity contribution < 1.29 is 23.7 Å². The van der Waals surface area contributed by atoms with Crippen molar-refractivity contribution in [2.45, 2.75) is 13.0 Å². The van der Waals surface area contributed by atoms with E-state index in [2.05, 4.69) is 10.3 Å². The van der Waals surface area contributed by atoms with E-state index in [0.29, 0.717) is 51.6 Å². The van der Waals surface area contributed by atoms with Crippen LogP contribution in [-0.2, 0) is 4.79 Å². The largest absolute Gasteiger partial charge is 0.496 e. The highest BCUT2D eigenvalue weighted by Crippen LogP contribution is 2.43. The Morgan fingerprint density at radius 1 is 1.00 bits per heavy atom. The molecule has 1 aliphatic rings. The van der Waals surface area contributed by atoms with Gasteiger partial charge in [0.15, 0.2) is 17.3 Å². The number of benzene rings is 2. The molecular formula is C23H25N5O5. The number of primary amides is 1. The van der Waals surface area contributed by atoms with Gasteiger partial charge in [0, 0.05) is 16.8 Å². The summed E-state index contributed by atoms with van der Waals surface area (Å²) in [5.74, 6) is 2.30. The number of nitrogens with zero attached hydrogens (tertiary/aromatic N) is 3. The topological polar surface area (TPSA) is 123 Å². The van der Waals surface area contributed by atoms with Crippen molar-refractivity contribution in [2.24, 2.45) is 5.73 Å². The van der Waals surface area contributed by atoms with Gasteiger partial charge in [0.25, 0.3) is 0 Å². The minimum atomic E-state index is -0.627. The van der Waals surface area contributed by atoms with Crippen LogP contribution in [-0.4, -0.2) is 49.1 Å². The van der Waals surface area contributed by atoms with E-state index in [0.717, 1.165) is 5.56 Å². The number of allylic oxidation sites excluding steroid dienone is 1. The molecule has 33 heavy (non-hydrogen) atoms. The summed E-state index contributed by atoms with van der Waals surface area (Å²) in [6.45, 7) is 1.78. The minimum Gasteiger partial charge on any atom is -0.496 e. The molecule has 172 valence electrons. The fraction of sp³-hybridized carbons (Fsp3) is 0.261. The summed E-state index contributed by atoms with van der Waals surface area (Å²) < 4.78 is 23.5. The number of nitrogens with two attached hydrogens (primary N) is 1. The number of anilines is 1. The van der Waals surface area contributed by atoms with Crippen LogP contribution in [0.1, 0.15) is 18.5 Å². The SMILES string of the molecule is COc1ccccc1C1C(C(N)=O)=C(C)Nc2nc(-c3cc(OC)c(OC)c(OC)c3)nn21. The van der Waals surface area contributed by atoms with Gasteiger partial charge < -0.3 is 30.0 Å². The van der Waals surface area contributed by atoms with Crippen molar-refractivity contribution in [2.75, 3.05) is 33.8 Å². The number of nitrogens with one attached hydrogen (secondary N) is 1. The Labute approximate surface area is 190 Å². The maximum Gasteiger partial charge on any atom is 0.248 e. The second-order valence-corrected chi connectivity index (χ2v) is 7.29. The molecule has 0 aliphatic carbocycles. The lowest BCUT2D eigenvalue weighted by atomic mass is 9.94. The number of para-hydroxylation sites is 1. The Morgan fingerprint density at radius 2 is 1.64 bits per heavy atom. The Bertz CT molecular complexity index is 1220. The average Bonchev–Trinajstić information content (AvgIpc) is 3.25. The molecule has 10 nitrogen and oxygen atoms in total. The molecule has 0 spiro atoms. The molecule has 0 saturated carbocycles. The van der Waals surface area contributed by atoms with E-state index in [9.17, 15) is 4.79 Å². The van der Waals surface area contributed by atoms with Crippen molar-refractivity contribution in [1.29, 1.82) is 0 Å². The summed E-state index contributed by atoms with van der Waals surface area (Å²) >= 11 is 0. The van der Waals surface area contributed by atoms with Gasteiger partial charge in [-0.05, 0) is 25.1 Å². The number of fused-ring (bicyclic) bond motifs is 1. The number of rotatable bonds is 7. The predicted molar refractivity (Wildman–Crippen MR) is 122 cm³/mol. The summed E-state index contributed by atoms with van der Waals surface area (Å²) in [4.78, 5) is 17.1. The van der Waals surface area contributed by atoms with Crippen LogP contribution in [0.4, 0.5) is 5.95 Å². The number of aromatic nitrogens is 3. The van der Waals surface area contributed by atoms with Gasteiger partial charge in [0.05, 0.1) is 34.0 Å². The summed E-state index contributed by atoms with van der Waals surface area (Å²) in [5.41, 5.74) is 8.11. The van der Waals surface area contributed by atoms with E-state index in [1.807, 2.05) is 24.3 Å². The second-order valence-electron chi connectivity index (χ2n) is 7.29. The number of ether oxygens (including phenoxy) is 4. The molecule has 4 rings (SSSR count). The molecule has 3 N–H and O–H groups in total. The smallest absolute Gasteiger partial charge is 0.248 e. The number of amides is 1. The van der Waals surface area contributed by atoms with Crippen molar-refractivity contribution in [3.63, 3.8) is 0 Å². The Kier molecular flexibility index (Phi) is 5.82. The van der Waals surface area contributed by atoms with Crippen LogP contribution >= 0.6 is 0 Å². The summed E-state index contributed by atoms with van der Waals surface area (Å²) in [6.07, 6.45) is 0. The normalized spacial score (nSPS) is 14.9. The molecule has 2 heterocycles. The second kappa shape index (κ2) is 8.73. The molecular weight excluding hydrogens is 426 g/mol. The Hall–Kier alpha value is -4.21. The molecule has 1 unspecified atom stereocenters. The maximum atomic E-state index is 12.4. The molecule has 1 aromatic heterocycles. The zero-order chi connectivity index (χ0) is 23.7. The van der Waals surface area contributed by atoms with E-state index in [1.54, 1.807) is 45.1 Å². The lowest BCUT2D eigenvalue weighted by Gasteiger charge is -2.28. The van der Waals surface area contributed by atoms with Crippen molar-refractivity contribution >= 4 is 11.9 Å². The minimum absolute atomic E-state index is 0.369. The van der Waals surface area contributed by atoms with Gasteiger partial charge >= 0.3 is 0 Å². The van der Waals surface area contributed by atoms with Gasteiger partial charge in [-0.3, -0.25) is 4.79 Å². The molecule has 0 bridgehead atoms. The van der Waals surface area contributed by atoms with Crippen LogP contribution in [0, 0.1) is 0 Å². The van der Waals surface area contributed by atoms with Crippen LogP contribution in [0.5, 0.6) is 23.0 Å². The highest BCUT2D eigenvalue weighted by atomic mass is 16.5. The van der Waals surface area contributed by atoms with Crippen molar-refractivity contribution in [1.82, 2.24) is 14.8 Å². The average molecular weight is 451 g/mol. The Balaban J connectivity index is 1.91. The fourth-order valence-corrected chi connectivity index (χ4v) is 3.98. The maximum absolute atomic E-state index is 12.4. The summed E-state index contributed by atoms with van der Waals surface area (Å²) in [6, 6.07) is 10.3. The van der Waals surface area contributed by atoms with Crippen LogP contribution in [0.2, 0.25) is 0 Å². The van der Waals surface area contributed by atoms with E-state index < -0.39 is 11.9 Å². The summed E-state index contributed by atoms with van der Waals surface area (Å²) in [5, 5.41) is 7.86. The first-order valence-electron chi connectivity index (χ1n) is 10.1. The van der Waals surface area contributed by atoms with Crippen LogP contribution < -0.4 is 30.0 Å². The molecule has 1 aliphatic heterocycles. The third-order valence-electron chi connectivity index (χ3n) is 5.47. The molecule has 0 radical (unpaired) electrons. The lowest BCUT2D eigenvalue weighted by molar-refractivity contribution is -0.115. The first kappa shape index (κ1) is 22.0. The van der Waals surface area contributed by atoms with Gasteiger partial charge in [-0.2, -0.15) is 4.98 Å². The molecule has 0 saturated heterocycles. The molecule has 1 amide bonds. The fourth-order valence-electron chi connectivity index (χ4n) is 3.98. The number of hydrogen-bond donors (Lipinski definition) is 2. The van der Waals surface area contributed by atoms with Gasteiger partial charge in [-0.15, -0.1) is 5.10 Å². The van der Waals surface area contributed by atoms with E-state index in [-0.39, 0.29) is 0 Å². The molecule has 1 atom stereocenters. The summed E-state index contributed by atoms with van der Waals surface area (Å²) in [7, 11) is 6.19. The van der Waals surface area contributed by atoms with Crippen LogP contribution in [0.15, 0.2) is 47.7 Å². The van der Waals surface area contributed by atoms with E-state index >= 15 is 0 Å². The zero-order valence-electron chi connectivity index (χ0n) is 19.0. The number of carbonyl (C=O) groups is 1. The van der Waals surface area contributed by atoms with E-state index in [1.165, 1.54) is 7.11 Å². The highest BCUT2D eigenvalue weighted by Gasteiger charge is 2.35. The molecule has 10 heteroatoms. The van der Waals surface area contributed by atoms with Crippen molar-refractivity contribution in [3.05, 3.63) is 53.2 Å². The standard InChI is InChI=1S/C23H25N5O5/c1-12-18(21(24)29)19(14-8-6-7-9-15(14)30-2)28-23(25-12)26-22(27-28)13-10-16(31-3)20(33-5)17(11-13)32-4/h6-11,19H,1-5H3,(H2,24,29)(H,25,26,27). The zero-order valence-corrected chi connectivity index (χ0v) is 19.0. The molecule has 2 aromatic carbocycles. The van der Waals surface area contributed by atoms with Crippen molar-refractivity contribution in [3.8, 4) is 34.4 Å². The third-order valence-corrected chi connectivity index (χ3v) is 5.47. The molecule has 0 fully saturated rings. The number of carbonyl (C=O) groups excluding carboxylic acids is 1. The lowest BCUT2D eigenvalue weighted by Crippen LogP contribution is -2.32. The van der Waals surface area contributed by atoms with Gasteiger partial charge in [0.2, 0.25) is 17.6 Å². The Morgan fingerprint density at radius 3 is 2.21 bits per heavy atom. The van der Waals surface area contributed by atoms with Gasteiger partial charge in [0.1, 0.15) is 11.8 Å². The first-order chi connectivity index (χ1) is 15.9. The first-order valence-corrected chi connectivity index (χ1v) is 10.1. The van der Waals surface area contributed by atoms with E-state index in [4.69, 9.17) is 29.8 Å². The van der Waals surface area contributed by atoms with Crippen LogP contribution in [0.3, 0.4) is 0 Å². The number of hydrogen-bond acceptors (Lipinski definition) is 8. The number of methoxy groups -OCH3 is 4. The van der Waals surface area contributed by atoms with Crippen LogP contribution in [0.25, 0.3) is 11.4 Å². The van der Waals surface area contributed by atoms with Gasteiger partial charge in [-0.25, -0.2) is 4.68 Å². The quantitative estimate of drug-likeness (QED) is 0.562. The molecule has 3 aromatic rings. The monoisotopic (exact) mass is 451 g/mol. The van der Waals surface area contributed by atoms with Gasteiger partial charge in [-0.1, -0.05) is 18.2 Å². The third kappa shape index (κ3) is 3.69. The predicted octanol–water partition coefficient (Wildman–Crippen LogP) is 2.75.